The number of carbonyl (C=O) groups excluding carboxylic acids is 1. The number of aliphatic hydroxyl groups is 1. The van der Waals surface area contributed by atoms with E-state index in [2.05, 4.69) is 9.68 Å². The Morgan fingerprint density at radius 1 is 1.56 bits per heavy atom. The van der Waals surface area contributed by atoms with Crippen LogP contribution in [-0.4, -0.2) is 51.3 Å². The highest BCUT2D eigenvalue weighted by Gasteiger charge is 2.29. The minimum atomic E-state index is -1.27. The monoisotopic (exact) mass is 254 g/mol. The van der Waals surface area contributed by atoms with Gasteiger partial charge in [-0.05, 0) is 12.3 Å². The molecule has 0 spiro atoms. The predicted octanol–water partition coefficient (Wildman–Crippen LogP) is 0.216. The van der Waals surface area contributed by atoms with Crippen LogP contribution >= 0.6 is 0 Å². The molecule has 1 saturated heterocycles. The Kier molecular flexibility index (Phi) is 3.33. The Morgan fingerprint density at radius 2 is 2.28 bits per heavy atom. The van der Waals surface area contributed by atoms with Crippen LogP contribution in [0.15, 0.2) is 10.6 Å². The van der Waals surface area contributed by atoms with E-state index in [1.54, 1.807) is 0 Å². The van der Waals surface area contributed by atoms with Crippen molar-refractivity contribution in [3.63, 3.8) is 0 Å². The molecular formula is C11H14N2O5. The summed E-state index contributed by atoms with van der Waals surface area (Å²) in [6.07, 6.45) is 0.143. The van der Waals surface area contributed by atoms with E-state index in [0.717, 1.165) is 6.07 Å². The third-order valence-corrected chi connectivity index (χ3v) is 3.15. The molecule has 1 aliphatic rings. The SMILES string of the molecule is CC1CCN(C(=O)c2cc(C(=O)O)on2)CC1O. The van der Waals surface area contributed by atoms with Crippen molar-refractivity contribution in [3.05, 3.63) is 17.5 Å². The van der Waals surface area contributed by atoms with Gasteiger partial charge in [-0.1, -0.05) is 12.1 Å². The maximum atomic E-state index is 12.0. The Hall–Kier alpha value is -1.89. The van der Waals surface area contributed by atoms with E-state index in [9.17, 15) is 14.7 Å². The zero-order chi connectivity index (χ0) is 13.3. The molecule has 2 N–H and O–H groups in total. The van der Waals surface area contributed by atoms with Crippen molar-refractivity contribution in [1.82, 2.24) is 10.1 Å². The molecule has 2 rings (SSSR count). The standard InChI is InChI=1S/C11H14N2O5/c1-6-2-3-13(5-8(6)14)10(15)7-4-9(11(16)17)18-12-7/h4,6,8,14H,2-3,5H2,1H3,(H,16,17). The summed E-state index contributed by atoms with van der Waals surface area (Å²) in [5.41, 5.74) is -0.0471. The Balaban J connectivity index is 2.09. The first-order valence-corrected chi connectivity index (χ1v) is 5.66. The molecule has 0 saturated carbocycles. The number of aliphatic hydroxyl groups excluding tert-OH is 1. The highest BCUT2D eigenvalue weighted by atomic mass is 16.5. The lowest BCUT2D eigenvalue weighted by Crippen LogP contribution is -2.45. The molecule has 1 amide bonds. The number of carboxylic acid groups (broad SMARTS) is 1. The quantitative estimate of drug-likeness (QED) is 0.782. The third kappa shape index (κ3) is 2.35. The van der Waals surface area contributed by atoms with Gasteiger partial charge in [-0.3, -0.25) is 4.79 Å². The minimum absolute atomic E-state index is 0.0471. The molecule has 2 atom stereocenters. The number of hydrogen-bond donors (Lipinski definition) is 2. The van der Waals surface area contributed by atoms with E-state index in [-0.39, 0.29) is 23.9 Å². The van der Waals surface area contributed by atoms with Crippen molar-refractivity contribution in [2.45, 2.75) is 19.4 Å². The van der Waals surface area contributed by atoms with Crippen molar-refractivity contribution in [2.75, 3.05) is 13.1 Å². The lowest BCUT2D eigenvalue weighted by molar-refractivity contribution is 0.0242. The normalized spacial score (nSPS) is 24.0. The summed E-state index contributed by atoms with van der Waals surface area (Å²) in [6, 6.07) is 1.09. The van der Waals surface area contributed by atoms with E-state index in [4.69, 9.17) is 5.11 Å². The van der Waals surface area contributed by atoms with Crippen LogP contribution in [0.25, 0.3) is 0 Å². The number of amides is 1. The van der Waals surface area contributed by atoms with Crippen LogP contribution in [0.2, 0.25) is 0 Å². The number of aromatic carboxylic acids is 1. The summed E-state index contributed by atoms with van der Waals surface area (Å²) in [6.45, 7) is 2.67. The molecule has 18 heavy (non-hydrogen) atoms. The summed E-state index contributed by atoms with van der Waals surface area (Å²) in [5, 5.41) is 21.8. The number of carboxylic acids is 1. The topological polar surface area (TPSA) is 104 Å². The molecule has 1 aromatic heterocycles. The molecule has 0 aromatic carbocycles. The van der Waals surface area contributed by atoms with Crippen LogP contribution in [0.3, 0.4) is 0 Å². The number of likely N-dealkylation sites (tertiary alicyclic amines) is 1. The van der Waals surface area contributed by atoms with Crippen molar-refractivity contribution in [2.24, 2.45) is 5.92 Å². The van der Waals surface area contributed by atoms with Crippen molar-refractivity contribution in [3.8, 4) is 0 Å². The van der Waals surface area contributed by atoms with E-state index in [0.29, 0.717) is 13.0 Å². The minimum Gasteiger partial charge on any atom is -0.475 e. The van der Waals surface area contributed by atoms with Crippen molar-refractivity contribution < 1.29 is 24.3 Å². The van der Waals surface area contributed by atoms with E-state index < -0.39 is 18.0 Å². The molecule has 0 radical (unpaired) electrons. The fourth-order valence-electron chi connectivity index (χ4n) is 1.87. The predicted molar refractivity (Wildman–Crippen MR) is 59.2 cm³/mol. The maximum Gasteiger partial charge on any atom is 0.374 e. The average Bonchev–Trinajstić information content (AvgIpc) is 2.81. The Bertz CT molecular complexity index is 470. The molecule has 2 unspecified atom stereocenters. The largest absolute Gasteiger partial charge is 0.475 e. The van der Waals surface area contributed by atoms with Crippen LogP contribution < -0.4 is 0 Å². The van der Waals surface area contributed by atoms with Gasteiger partial charge in [0.25, 0.3) is 5.91 Å². The molecule has 0 bridgehead atoms. The maximum absolute atomic E-state index is 12.0. The van der Waals surface area contributed by atoms with Gasteiger partial charge in [-0.15, -0.1) is 0 Å². The first kappa shape index (κ1) is 12.6. The number of β-amino-alcohol motifs (C(OH)–C–C–N with tert-alkyl or cyclic N) is 1. The second-order valence-corrected chi connectivity index (χ2v) is 4.47. The smallest absolute Gasteiger partial charge is 0.374 e. The lowest BCUT2D eigenvalue weighted by atomic mass is 9.96. The second-order valence-electron chi connectivity index (χ2n) is 4.47. The number of aromatic nitrogens is 1. The van der Waals surface area contributed by atoms with Crippen LogP contribution in [0.1, 0.15) is 34.4 Å². The molecule has 2 heterocycles. The van der Waals surface area contributed by atoms with Gasteiger partial charge in [0.1, 0.15) is 0 Å². The fraction of sp³-hybridized carbons (Fsp3) is 0.545. The summed E-state index contributed by atoms with van der Waals surface area (Å²) >= 11 is 0. The highest BCUT2D eigenvalue weighted by molar-refractivity contribution is 5.94. The molecule has 1 fully saturated rings. The van der Waals surface area contributed by atoms with Crippen LogP contribution in [0.5, 0.6) is 0 Å². The summed E-state index contributed by atoms with van der Waals surface area (Å²) in [5.74, 6) is -1.91. The molecular weight excluding hydrogens is 240 g/mol. The molecule has 1 aromatic rings. The Morgan fingerprint density at radius 3 is 2.83 bits per heavy atom. The summed E-state index contributed by atoms with van der Waals surface area (Å²) < 4.78 is 4.53. The summed E-state index contributed by atoms with van der Waals surface area (Å²) in [4.78, 5) is 24.0. The van der Waals surface area contributed by atoms with E-state index in [1.165, 1.54) is 4.90 Å². The van der Waals surface area contributed by atoms with E-state index >= 15 is 0 Å². The first-order chi connectivity index (χ1) is 8.49. The van der Waals surface area contributed by atoms with E-state index in [1.807, 2.05) is 6.92 Å². The molecule has 0 aliphatic carbocycles. The van der Waals surface area contributed by atoms with Crippen molar-refractivity contribution in [1.29, 1.82) is 0 Å². The number of hydrogen-bond acceptors (Lipinski definition) is 5. The fourth-order valence-corrected chi connectivity index (χ4v) is 1.87. The number of nitrogens with zero attached hydrogens (tertiary/aromatic N) is 2. The summed E-state index contributed by atoms with van der Waals surface area (Å²) in [7, 11) is 0. The van der Waals surface area contributed by atoms with Gasteiger partial charge in [-0.2, -0.15) is 0 Å². The van der Waals surface area contributed by atoms with Crippen LogP contribution in [0.4, 0.5) is 0 Å². The van der Waals surface area contributed by atoms with Gasteiger partial charge >= 0.3 is 5.97 Å². The van der Waals surface area contributed by atoms with Crippen molar-refractivity contribution >= 4 is 11.9 Å². The zero-order valence-corrected chi connectivity index (χ0v) is 9.87. The first-order valence-electron chi connectivity index (χ1n) is 5.66. The number of piperidine rings is 1. The van der Waals surface area contributed by atoms with Gasteiger partial charge in [0.2, 0.25) is 5.76 Å². The van der Waals surface area contributed by atoms with Gasteiger partial charge in [0.15, 0.2) is 5.69 Å². The molecule has 7 nitrogen and oxygen atoms in total. The van der Waals surface area contributed by atoms with Gasteiger partial charge < -0.3 is 19.6 Å². The van der Waals surface area contributed by atoms with Gasteiger partial charge in [0, 0.05) is 19.2 Å². The van der Waals surface area contributed by atoms with Crippen LogP contribution in [-0.2, 0) is 0 Å². The van der Waals surface area contributed by atoms with Crippen LogP contribution in [0, 0.1) is 5.92 Å². The van der Waals surface area contributed by atoms with Gasteiger partial charge in [0.05, 0.1) is 6.10 Å². The molecule has 7 heteroatoms. The third-order valence-electron chi connectivity index (χ3n) is 3.15. The number of carbonyl (C=O) groups is 2. The number of rotatable bonds is 2. The second kappa shape index (κ2) is 4.77. The Labute approximate surface area is 103 Å². The molecule has 1 aliphatic heterocycles. The average molecular weight is 254 g/mol. The molecule has 98 valence electrons. The lowest BCUT2D eigenvalue weighted by Gasteiger charge is -2.33. The van der Waals surface area contributed by atoms with Gasteiger partial charge in [-0.25, -0.2) is 4.79 Å². The highest BCUT2D eigenvalue weighted by Crippen LogP contribution is 2.18. The zero-order valence-electron chi connectivity index (χ0n) is 9.87.